The van der Waals surface area contributed by atoms with Crippen LogP contribution in [0.1, 0.15) is 44.7 Å². The van der Waals surface area contributed by atoms with E-state index in [0.29, 0.717) is 17.9 Å². The fourth-order valence-electron chi connectivity index (χ4n) is 3.89. The number of ether oxygens (including phenoxy) is 1. The number of amides is 2. The Morgan fingerprint density at radius 3 is 2.17 bits per heavy atom. The summed E-state index contributed by atoms with van der Waals surface area (Å²) in [4.78, 5) is 25.9. The smallest absolute Gasteiger partial charge is 0.490 e. The summed E-state index contributed by atoms with van der Waals surface area (Å²) in [6.07, 6.45) is -3.50. The number of aliphatic hydroxyl groups is 1. The zero-order valence-electron chi connectivity index (χ0n) is 24.0. The molecule has 1 saturated heterocycles. The van der Waals surface area contributed by atoms with Gasteiger partial charge in [-0.15, -0.1) is 0 Å². The number of carboxylic acid groups (broad SMARTS) is 1. The van der Waals surface area contributed by atoms with Crippen LogP contribution in [0.5, 0.6) is 5.75 Å². The Kier molecular flexibility index (Phi) is 12.5. The summed E-state index contributed by atoms with van der Waals surface area (Å²) < 4.78 is 65.1. The van der Waals surface area contributed by atoms with Gasteiger partial charge < -0.3 is 30.1 Å². The zero-order valence-corrected chi connectivity index (χ0v) is 24.0. The second-order valence-electron chi connectivity index (χ2n) is 10.8. The Morgan fingerprint density at radius 1 is 1.10 bits per heavy atom. The third-order valence-corrected chi connectivity index (χ3v) is 7.13. The van der Waals surface area contributed by atoms with Crippen LogP contribution in [0, 0.1) is 17.6 Å². The third kappa shape index (κ3) is 11.1. The molecule has 42 heavy (non-hydrogen) atoms. The van der Waals surface area contributed by atoms with E-state index in [4.69, 9.17) is 14.6 Å². The number of benzene rings is 2. The molecule has 0 spiro atoms. The van der Waals surface area contributed by atoms with Crippen LogP contribution in [-0.2, 0) is 17.9 Å². The Hall–Kier alpha value is -3.45. The van der Waals surface area contributed by atoms with E-state index in [2.05, 4.69) is 10.2 Å². The van der Waals surface area contributed by atoms with Crippen molar-refractivity contribution in [2.45, 2.75) is 64.5 Å². The summed E-state index contributed by atoms with van der Waals surface area (Å²) in [5, 5.41) is 20.4. The maximum atomic E-state index is 14.3. The van der Waals surface area contributed by atoms with Crippen LogP contribution >= 0.6 is 0 Å². The number of hydrogen-bond donors (Lipinski definition) is 3. The second-order valence-corrected chi connectivity index (χ2v) is 10.8. The number of nitrogens with one attached hydrogen (secondary N) is 1. The predicted octanol–water partition coefficient (Wildman–Crippen LogP) is 5.19. The van der Waals surface area contributed by atoms with Crippen LogP contribution < -0.4 is 10.1 Å². The van der Waals surface area contributed by atoms with Gasteiger partial charge in [-0.2, -0.15) is 13.2 Å². The number of likely N-dealkylation sites (tertiary alicyclic amines) is 1. The first kappa shape index (κ1) is 34.7. The Morgan fingerprint density at radius 2 is 1.67 bits per heavy atom. The van der Waals surface area contributed by atoms with Gasteiger partial charge in [-0.25, -0.2) is 18.4 Å². The summed E-state index contributed by atoms with van der Waals surface area (Å²) >= 11 is 0. The van der Waals surface area contributed by atoms with Crippen LogP contribution in [0.2, 0.25) is 0 Å². The normalized spacial score (nSPS) is 15.8. The highest BCUT2D eigenvalue weighted by Gasteiger charge is 2.38. The lowest BCUT2D eigenvalue weighted by molar-refractivity contribution is -0.192. The molecule has 0 aromatic heterocycles. The summed E-state index contributed by atoms with van der Waals surface area (Å²) in [5.41, 5.74) is 0.255. The standard InChI is InChI=1S/C27H37F2N3O3.C2HF3O2/c1-19(2)27(3,34)18-35-24-9-5-20(6-10-24)16-30-26(33)32(23-11-13-31(4)14-12-23)17-21-7-8-22(28)15-25(21)29;3-2(4,5)1(6)7/h5-10,15,19,23,34H,11-14,16-18H2,1-4H3,(H,30,33);(H,6,7). The first-order valence-electron chi connectivity index (χ1n) is 13.4. The van der Waals surface area contributed by atoms with Gasteiger partial charge >= 0.3 is 18.2 Å². The van der Waals surface area contributed by atoms with E-state index < -0.39 is 29.4 Å². The van der Waals surface area contributed by atoms with Crippen LogP contribution in [0.4, 0.5) is 26.7 Å². The number of urea groups is 1. The van der Waals surface area contributed by atoms with Gasteiger partial charge in [-0.05, 0) is 69.6 Å². The van der Waals surface area contributed by atoms with Crippen molar-refractivity contribution in [3.63, 3.8) is 0 Å². The summed E-state index contributed by atoms with van der Waals surface area (Å²) in [7, 11) is 2.04. The molecule has 2 aromatic carbocycles. The highest BCUT2D eigenvalue weighted by Crippen LogP contribution is 2.22. The highest BCUT2D eigenvalue weighted by atomic mass is 19.4. The van der Waals surface area contributed by atoms with E-state index >= 15 is 0 Å². The summed E-state index contributed by atoms with van der Waals surface area (Å²) in [6, 6.07) is 10.5. The highest BCUT2D eigenvalue weighted by molar-refractivity contribution is 5.74. The molecule has 1 aliphatic heterocycles. The maximum absolute atomic E-state index is 14.3. The number of carbonyl (C=O) groups excluding carboxylic acids is 1. The Bertz CT molecular complexity index is 1170. The lowest BCUT2D eigenvalue weighted by Gasteiger charge is -2.37. The Balaban J connectivity index is 0.000000782. The number of piperidine rings is 1. The number of alkyl halides is 3. The molecule has 0 radical (unpaired) electrons. The van der Waals surface area contributed by atoms with Crippen molar-refractivity contribution < 1.29 is 46.5 Å². The molecule has 234 valence electrons. The molecule has 1 atom stereocenters. The largest absolute Gasteiger partial charge is 0.491 e. The van der Waals surface area contributed by atoms with Gasteiger partial charge in [0.25, 0.3) is 0 Å². The minimum absolute atomic E-state index is 0.0276. The summed E-state index contributed by atoms with van der Waals surface area (Å²) in [5.74, 6) is -3.34. The fraction of sp³-hybridized carbons (Fsp3) is 0.517. The number of rotatable bonds is 9. The van der Waals surface area contributed by atoms with E-state index in [0.717, 1.165) is 37.6 Å². The van der Waals surface area contributed by atoms with Crippen molar-refractivity contribution >= 4 is 12.0 Å². The molecule has 1 heterocycles. The van der Waals surface area contributed by atoms with Gasteiger partial charge in [0, 0.05) is 24.2 Å². The van der Waals surface area contributed by atoms with Crippen LogP contribution in [0.15, 0.2) is 42.5 Å². The molecular weight excluding hydrogens is 565 g/mol. The molecule has 3 rings (SSSR count). The number of hydrogen-bond acceptors (Lipinski definition) is 5. The minimum Gasteiger partial charge on any atom is -0.491 e. The summed E-state index contributed by atoms with van der Waals surface area (Å²) in [6.45, 7) is 7.90. The lowest BCUT2D eigenvalue weighted by atomic mass is 9.94. The number of nitrogens with zero attached hydrogens (tertiary/aromatic N) is 2. The molecule has 0 bridgehead atoms. The molecule has 2 aromatic rings. The van der Waals surface area contributed by atoms with Crippen LogP contribution in [0.25, 0.3) is 0 Å². The van der Waals surface area contributed by atoms with E-state index in [1.807, 2.05) is 33.0 Å². The van der Waals surface area contributed by atoms with Crippen molar-refractivity contribution in [3.8, 4) is 5.75 Å². The van der Waals surface area contributed by atoms with E-state index in [9.17, 15) is 31.9 Å². The minimum atomic E-state index is -5.08. The van der Waals surface area contributed by atoms with Crippen molar-refractivity contribution in [2.75, 3.05) is 26.7 Å². The number of carboxylic acids is 1. The average molecular weight is 604 g/mol. The SMILES string of the molecule is CC(C)C(C)(O)COc1ccc(CNC(=O)N(Cc2ccc(F)cc2F)C2CCN(C)CC2)cc1.O=C(O)C(F)(F)F. The molecular formula is C29H38F5N3O5. The number of carbonyl (C=O) groups is 2. The molecule has 1 unspecified atom stereocenters. The number of halogens is 5. The first-order valence-corrected chi connectivity index (χ1v) is 13.4. The molecule has 1 fully saturated rings. The van der Waals surface area contributed by atoms with E-state index in [1.54, 1.807) is 24.0 Å². The van der Waals surface area contributed by atoms with Crippen molar-refractivity contribution in [1.29, 1.82) is 0 Å². The van der Waals surface area contributed by atoms with Crippen molar-refractivity contribution in [3.05, 3.63) is 65.2 Å². The predicted molar refractivity (Wildman–Crippen MR) is 146 cm³/mol. The van der Waals surface area contributed by atoms with E-state index in [-0.39, 0.29) is 31.1 Å². The quantitative estimate of drug-likeness (QED) is 0.341. The van der Waals surface area contributed by atoms with Gasteiger partial charge in [-0.1, -0.05) is 32.0 Å². The average Bonchev–Trinajstić information content (AvgIpc) is 2.91. The van der Waals surface area contributed by atoms with Gasteiger partial charge in [-0.3, -0.25) is 0 Å². The third-order valence-electron chi connectivity index (χ3n) is 7.13. The molecule has 1 aliphatic rings. The van der Waals surface area contributed by atoms with Gasteiger partial charge in [0.2, 0.25) is 0 Å². The van der Waals surface area contributed by atoms with Gasteiger partial charge in [0.05, 0.1) is 12.1 Å². The maximum Gasteiger partial charge on any atom is 0.490 e. The lowest BCUT2D eigenvalue weighted by Crippen LogP contribution is -2.49. The Labute approximate surface area is 242 Å². The molecule has 13 heteroatoms. The molecule has 2 amide bonds. The first-order chi connectivity index (χ1) is 19.5. The molecule has 0 aliphatic carbocycles. The van der Waals surface area contributed by atoms with Crippen LogP contribution in [0.3, 0.4) is 0 Å². The molecule has 8 nitrogen and oxygen atoms in total. The van der Waals surface area contributed by atoms with Crippen LogP contribution in [-0.4, -0.2) is 76.6 Å². The molecule has 3 N–H and O–H groups in total. The second kappa shape index (κ2) is 15.1. The van der Waals surface area contributed by atoms with Crippen molar-refractivity contribution in [1.82, 2.24) is 15.1 Å². The topological polar surface area (TPSA) is 102 Å². The molecule has 0 saturated carbocycles. The number of aliphatic carboxylic acids is 1. The van der Waals surface area contributed by atoms with Gasteiger partial charge in [0.1, 0.15) is 24.0 Å². The monoisotopic (exact) mass is 603 g/mol. The van der Waals surface area contributed by atoms with Crippen molar-refractivity contribution in [2.24, 2.45) is 5.92 Å². The van der Waals surface area contributed by atoms with E-state index in [1.165, 1.54) is 12.1 Å². The fourth-order valence-corrected chi connectivity index (χ4v) is 3.89. The van der Waals surface area contributed by atoms with Gasteiger partial charge in [0.15, 0.2) is 0 Å². The zero-order chi connectivity index (χ0) is 31.7.